The number of nitrogens with zero attached hydrogens (tertiary/aromatic N) is 4. The molecule has 8 heteroatoms. The van der Waals surface area contributed by atoms with Crippen LogP contribution >= 0.6 is 11.8 Å². The number of rotatable bonds is 2. The largest absolute Gasteiger partial charge is 0.302 e. The minimum absolute atomic E-state index is 0.338. The zero-order valence-corrected chi connectivity index (χ0v) is 10.9. The molecule has 19 heavy (non-hydrogen) atoms. The highest BCUT2D eigenvalue weighted by atomic mass is 32.2. The molecule has 0 saturated heterocycles. The lowest BCUT2D eigenvalue weighted by atomic mass is 10.2. The Kier molecular flexibility index (Phi) is 2.96. The fourth-order valence-corrected chi connectivity index (χ4v) is 2.95. The molecule has 0 radical (unpaired) electrons. The first kappa shape index (κ1) is 12.1. The molecule has 2 aromatic rings. The van der Waals surface area contributed by atoms with Crippen molar-refractivity contribution in [2.24, 2.45) is 5.73 Å². The number of allylic oxidation sites excluding steroid dienone is 1. The second kappa shape index (κ2) is 4.63. The molecule has 0 aliphatic carbocycles. The van der Waals surface area contributed by atoms with Crippen molar-refractivity contribution in [3.63, 3.8) is 0 Å². The molecule has 0 saturated carbocycles. The Bertz CT molecular complexity index is 609. The van der Waals surface area contributed by atoms with Gasteiger partial charge in [0, 0.05) is 16.7 Å². The lowest BCUT2D eigenvalue weighted by molar-refractivity contribution is 0.612. The van der Waals surface area contributed by atoms with E-state index in [4.69, 9.17) is 5.73 Å². The predicted octanol–water partition coefficient (Wildman–Crippen LogP) is 1.52. The lowest BCUT2D eigenvalue weighted by Crippen LogP contribution is -2.35. The van der Waals surface area contributed by atoms with Crippen LogP contribution < -0.4 is 10.6 Å². The second-order valence-electron chi connectivity index (χ2n) is 3.97. The molecule has 1 unspecified atom stereocenters. The van der Waals surface area contributed by atoms with Crippen LogP contribution in [0.25, 0.3) is 5.70 Å². The van der Waals surface area contributed by atoms with Gasteiger partial charge >= 0.3 is 0 Å². The summed E-state index contributed by atoms with van der Waals surface area (Å²) >= 11 is 1.50. The number of nitrogens with two attached hydrogens (primary N) is 1. The second-order valence-corrected chi connectivity index (χ2v) is 5.30. The van der Waals surface area contributed by atoms with Crippen molar-refractivity contribution in [3.8, 4) is 0 Å². The Morgan fingerprint density at radius 1 is 1.37 bits per heavy atom. The zero-order valence-electron chi connectivity index (χ0n) is 10.0. The summed E-state index contributed by atoms with van der Waals surface area (Å²) in [6.45, 7) is 1.97. The summed E-state index contributed by atoms with van der Waals surface area (Å²) in [5.74, 6) is -0.107. The van der Waals surface area contributed by atoms with Crippen LogP contribution in [0.1, 0.15) is 12.5 Å². The van der Waals surface area contributed by atoms with E-state index in [0.29, 0.717) is 5.95 Å². The standard InChI is InChI=1S/C11H11FN6S/c1-6-9(7-2-16-17-3-7)18(10(13)19-6)11-14-4-8(12)5-15-11/h2-5,10H,13H2,1H3,(H,16,17). The number of anilines is 1. The normalized spacial score (nSPS) is 19.3. The third-order valence-electron chi connectivity index (χ3n) is 2.72. The number of halogens is 1. The molecule has 0 aromatic carbocycles. The van der Waals surface area contributed by atoms with E-state index in [-0.39, 0.29) is 5.50 Å². The fourth-order valence-electron chi connectivity index (χ4n) is 1.95. The van der Waals surface area contributed by atoms with Crippen LogP contribution in [-0.2, 0) is 0 Å². The van der Waals surface area contributed by atoms with Crippen LogP contribution in [0.2, 0.25) is 0 Å². The van der Waals surface area contributed by atoms with E-state index < -0.39 is 5.82 Å². The molecule has 0 amide bonds. The molecule has 3 N–H and O–H groups in total. The van der Waals surface area contributed by atoms with E-state index in [1.807, 2.05) is 6.92 Å². The molecule has 3 heterocycles. The van der Waals surface area contributed by atoms with Crippen LogP contribution in [0.3, 0.4) is 0 Å². The molecule has 0 fully saturated rings. The van der Waals surface area contributed by atoms with Gasteiger partial charge in [-0.1, -0.05) is 11.8 Å². The maximum atomic E-state index is 12.9. The van der Waals surface area contributed by atoms with Gasteiger partial charge in [-0.05, 0) is 6.92 Å². The summed E-state index contributed by atoms with van der Waals surface area (Å²) < 4.78 is 12.9. The monoisotopic (exact) mass is 278 g/mol. The molecule has 6 nitrogen and oxygen atoms in total. The number of thioether (sulfide) groups is 1. The number of hydrogen-bond acceptors (Lipinski definition) is 6. The third-order valence-corrected chi connectivity index (χ3v) is 3.72. The molecule has 0 spiro atoms. The van der Waals surface area contributed by atoms with Crippen molar-refractivity contribution < 1.29 is 4.39 Å². The smallest absolute Gasteiger partial charge is 0.232 e. The van der Waals surface area contributed by atoms with E-state index in [9.17, 15) is 4.39 Å². The van der Waals surface area contributed by atoms with Crippen LogP contribution in [0.4, 0.5) is 10.3 Å². The van der Waals surface area contributed by atoms with Gasteiger partial charge in [0.15, 0.2) is 5.82 Å². The first-order chi connectivity index (χ1) is 9.16. The van der Waals surface area contributed by atoms with Crippen molar-refractivity contribution >= 4 is 23.4 Å². The van der Waals surface area contributed by atoms with E-state index in [1.165, 1.54) is 11.8 Å². The molecular weight excluding hydrogens is 267 g/mol. The van der Waals surface area contributed by atoms with Gasteiger partial charge in [-0.2, -0.15) is 5.10 Å². The number of hydrogen-bond donors (Lipinski definition) is 2. The molecule has 0 bridgehead atoms. The van der Waals surface area contributed by atoms with Crippen molar-refractivity contribution in [2.75, 3.05) is 4.90 Å². The number of H-pyrrole nitrogens is 1. The van der Waals surface area contributed by atoms with Crippen LogP contribution in [0, 0.1) is 5.82 Å². The van der Waals surface area contributed by atoms with Gasteiger partial charge in [-0.15, -0.1) is 0 Å². The lowest BCUT2D eigenvalue weighted by Gasteiger charge is -2.23. The number of aromatic nitrogens is 4. The van der Waals surface area contributed by atoms with E-state index in [0.717, 1.165) is 28.6 Å². The Hall–Kier alpha value is -1.93. The van der Waals surface area contributed by atoms with Gasteiger partial charge in [-0.25, -0.2) is 14.4 Å². The first-order valence-corrected chi connectivity index (χ1v) is 6.44. The van der Waals surface area contributed by atoms with Gasteiger partial charge in [0.25, 0.3) is 0 Å². The van der Waals surface area contributed by atoms with E-state index in [1.54, 1.807) is 17.3 Å². The Labute approximate surface area is 112 Å². The summed E-state index contributed by atoms with van der Waals surface area (Å²) in [6.07, 6.45) is 5.72. The van der Waals surface area contributed by atoms with Gasteiger partial charge in [0.1, 0.15) is 5.50 Å². The minimum atomic E-state index is -0.477. The van der Waals surface area contributed by atoms with Crippen LogP contribution in [-0.4, -0.2) is 25.7 Å². The Morgan fingerprint density at radius 2 is 2.11 bits per heavy atom. The molecule has 1 atom stereocenters. The summed E-state index contributed by atoms with van der Waals surface area (Å²) in [5, 5.41) is 6.69. The van der Waals surface area contributed by atoms with E-state index in [2.05, 4.69) is 20.2 Å². The highest BCUT2D eigenvalue weighted by molar-refractivity contribution is 8.04. The predicted molar refractivity (Wildman–Crippen MR) is 71.2 cm³/mol. The summed E-state index contributed by atoms with van der Waals surface area (Å²) in [7, 11) is 0. The van der Waals surface area contributed by atoms with Gasteiger partial charge < -0.3 is 5.73 Å². The maximum Gasteiger partial charge on any atom is 0.232 e. The number of aromatic amines is 1. The maximum absolute atomic E-state index is 12.9. The van der Waals surface area contributed by atoms with Gasteiger partial charge in [-0.3, -0.25) is 10.00 Å². The average molecular weight is 278 g/mol. The molecule has 98 valence electrons. The quantitative estimate of drug-likeness (QED) is 0.866. The van der Waals surface area contributed by atoms with Crippen molar-refractivity contribution in [1.82, 2.24) is 20.2 Å². The summed E-state index contributed by atoms with van der Waals surface area (Å²) in [5.41, 5.74) is 7.52. The topological polar surface area (TPSA) is 83.7 Å². The van der Waals surface area contributed by atoms with Gasteiger partial charge in [0.05, 0.1) is 24.3 Å². The van der Waals surface area contributed by atoms with Crippen molar-refractivity contribution in [1.29, 1.82) is 0 Å². The highest BCUT2D eigenvalue weighted by Gasteiger charge is 2.32. The third kappa shape index (κ3) is 2.08. The molecule has 1 aliphatic rings. The minimum Gasteiger partial charge on any atom is -0.302 e. The molecule has 2 aromatic heterocycles. The zero-order chi connectivity index (χ0) is 13.4. The first-order valence-electron chi connectivity index (χ1n) is 5.56. The van der Waals surface area contributed by atoms with Crippen LogP contribution in [0.5, 0.6) is 0 Å². The Morgan fingerprint density at radius 3 is 2.74 bits per heavy atom. The van der Waals surface area contributed by atoms with Crippen molar-refractivity contribution in [3.05, 3.63) is 41.1 Å². The van der Waals surface area contributed by atoms with Crippen molar-refractivity contribution in [2.45, 2.75) is 12.4 Å². The summed E-state index contributed by atoms with van der Waals surface area (Å²) in [6, 6.07) is 0. The SMILES string of the molecule is CC1=C(c2cn[nH]c2)N(c2ncc(F)cn2)C(N)S1. The summed E-state index contributed by atoms with van der Waals surface area (Å²) in [4.78, 5) is 10.8. The highest BCUT2D eigenvalue weighted by Crippen LogP contribution is 2.41. The van der Waals surface area contributed by atoms with Gasteiger partial charge in [0.2, 0.25) is 5.95 Å². The van der Waals surface area contributed by atoms with Crippen LogP contribution in [0.15, 0.2) is 29.7 Å². The number of nitrogens with one attached hydrogen (secondary N) is 1. The fraction of sp³-hybridized carbons (Fsp3) is 0.182. The van der Waals surface area contributed by atoms with E-state index >= 15 is 0 Å². The molecule has 1 aliphatic heterocycles. The molecular formula is C11H11FN6S. The Balaban J connectivity index is 2.05. The average Bonchev–Trinajstić information content (AvgIpc) is 2.98. The molecule has 3 rings (SSSR count).